The molecule has 0 unspecified atom stereocenters. The van der Waals surface area contributed by atoms with Crippen LogP contribution in [0.3, 0.4) is 0 Å². The van der Waals surface area contributed by atoms with E-state index in [1.807, 2.05) is 37.3 Å². The number of carbonyl (C=O) groups excluding carboxylic acids is 1. The Balaban J connectivity index is 2.08. The van der Waals surface area contributed by atoms with E-state index in [4.69, 9.17) is 15.5 Å². The average Bonchev–Trinajstić information content (AvgIpc) is 2.47. The van der Waals surface area contributed by atoms with Crippen molar-refractivity contribution in [2.75, 3.05) is 0 Å². The Morgan fingerprint density at radius 1 is 1.29 bits per heavy atom. The van der Waals surface area contributed by atoms with Crippen molar-refractivity contribution in [2.24, 2.45) is 10.7 Å². The summed E-state index contributed by atoms with van der Waals surface area (Å²) < 4.78 is 0. The molecule has 0 radical (unpaired) electrons. The van der Waals surface area contributed by atoms with Gasteiger partial charge < -0.3 is 10.6 Å². The van der Waals surface area contributed by atoms with Crippen LogP contribution in [0.25, 0.3) is 0 Å². The van der Waals surface area contributed by atoms with Gasteiger partial charge in [0.1, 0.15) is 6.61 Å². The second-order valence-electron chi connectivity index (χ2n) is 4.28. The van der Waals surface area contributed by atoms with E-state index in [1.54, 1.807) is 12.3 Å². The number of aryl methyl sites for hydroxylation is 1. The lowest BCUT2D eigenvalue weighted by atomic mass is 10.1. The van der Waals surface area contributed by atoms with Gasteiger partial charge in [-0.2, -0.15) is 9.88 Å². The number of urea groups is 1. The van der Waals surface area contributed by atoms with E-state index in [1.165, 1.54) is 6.20 Å². The summed E-state index contributed by atoms with van der Waals surface area (Å²) >= 11 is 0. The lowest BCUT2D eigenvalue weighted by Crippen LogP contribution is -2.15. The molecule has 1 aromatic carbocycles. The van der Waals surface area contributed by atoms with Crippen LogP contribution in [0.1, 0.15) is 16.7 Å². The van der Waals surface area contributed by atoms with E-state index in [0.717, 1.165) is 11.1 Å². The summed E-state index contributed by atoms with van der Waals surface area (Å²) in [4.78, 5) is 28.8. The number of nitrogens with two attached hydrogens (primary N) is 1. The van der Waals surface area contributed by atoms with Crippen LogP contribution in [0.15, 0.2) is 53.8 Å². The van der Waals surface area contributed by atoms with Crippen LogP contribution < -0.4 is 5.73 Å². The molecule has 2 rings (SSSR count). The summed E-state index contributed by atoms with van der Waals surface area (Å²) in [6.45, 7) is 2.06. The van der Waals surface area contributed by atoms with Gasteiger partial charge in [-0.1, -0.05) is 30.3 Å². The van der Waals surface area contributed by atoms with Crippen molar-refractivity contribution in [3.05, 3.63) is 65.5 Å². The van der Waals surface area contributed by atoms with E-state index in [2.05, 4.69) is 9.98 Å². The fraction of sp³-hybridized carbons (Fsp3) is 0.133. The van der Waals surface area contributed by atoms with E-state index in [0.29, 0.717) is 5.56 Å². The van der Waals surface area contributed by atoms with Gasteiger partial charge in [0, 0.05) is 12.4 Å². The molecule has 1 aromatic heterocycles. The predicted octanol–water partition coefficient (Wildman–Crippen LogP) is 2.36. The summed E-state index contributed by atoms with van der Waals surface area (Å²) in [5.41, 5.74) is 7.40. The molecule has 0 bridgehead atoms. The van der Waals surface area contributed by atoms with Crippen molar-refractivity contribution >= 4 is 11.9 Å². The number of nitrogens with zero attached hydrogens (tertiary/aromatic N) is 2. The number of pyridine rings is 1. The SMILES string of the molecule is Cc1ccncc1C(=NC(N)=O)OOCc1ccccc1. The molecular weight excluding hydrogens is 270 g/mol. The number of rotatable bonds is 4. The lowest BCUT2D eigenvalue weighted by Gasteiger charge is -2.09. The third kappa shape index (κ3) is 4.39. The number of amides is 2. The lowest BCUT2D eigenvalue weighted by molar-refractivity contribution is -0.232. The second kappa shape index (κ2) is 7.16. The fourth-order valence-corrected chi connectivity index (χ4v) is 1.64. The standard InChI is InChI=1S/C15H15N3O3/c1-11-7-8-17-9-13(11)14(18-15(16)19)21-20-10-12-5-3-2-4-6-12/h2-9H,10H2,1H3,(H2,16,19). The molecule has 0 aliphatic rings. The molecule has 6 nitrogen and oxygen atoms in total. The van der Waals surface area contributed by atoms with E-state index in [-0.39, 0.29) is 12.5 Å². The minimum atomic E-state index is -0.864. The van der Waals surface area contributed by atoms with Crippen molar-refractivity contribution in [2.45, 2.75) is 13.5 Å². The molecule has 2 amide bonds. The Labute approximate surface area is 122 Å². The van der Waals surface area contributed by atoms with Crippen molar-refractivity contribution < 1.29 is 14.6 Å². The Hall–Kier alpha value is -2.73. The molecular formula is C15H15N3O3. The first-order valence-electron chi connectivity index (χ1n) is 6.29. The molecule has 0 aliphatic carbocycles. The first kappa shape index (κ1) is 14.7. The van der Waals surface area contributed by atoms with Crippen LogP contribution in [0.2, 0.25) is 0 Å². The van der Waals surface area contributed by atoms with Gasteiger partial charge in [0.2, 0.25) is 0 Å². The van der Waals surface area contributed by atoms with Crippen LogP contribution in [0.4, 0.5) is 4.79 Å². The highest BCUT2D eigenvalue weighted by Crippen LogP contribution is 2.10. The van der Waals surface area contributed by atoms with Gasteiger partial charge in [-0.25, -0.2) is 4.79 Å². The minimum absolute atomic E-state index is 0.0102. The summed E-state index contributed by atoms with van der Waals surface area (Å²) in [6, 6.07) is 10.4. The van der Waals surface area contributed by atoms with Crippen molar-refractivity contribution in [1.82, 2.24) is 4.98 Å². The van der Waals surface area contributed by atoms with Gasteiger partial charge in [-0.15, -0.1) is 0 Å². The zero-order valence-corrected chi connectivity index (χ0v) is 11.5. The normalized spacial score (nSPS) is 11.2. The maximum absolute atomic E-state index is 11.0. The maximum Gasteiger partial charge on any atom is 0.341 e. The Kier molecular flexibility index (Phi) is 5.00. The minimum Gasteiger partial charge on any atom is -0.350 e. The van der Waals surface area contributed by atoms with Crippen molar-refractivity contribution in [3.63, 3.8) is 0 Å². The number of carbonyl (C=O) groups is 1. The summed E-state index contributed by atoms with van der Waals surface area (Å²) in [5.74, 6) is -0.0102. The van der Waals surface area contributed by atoms with Crippen LogP contribution in [0, 0.1) is 6.92 Å². The molecule has 0 spiro atoms. The molecule has 1 heterocycles. The fourth-order valence-electron chi connectivity index (χ4n) is 1.64. The number of aliphatic imine (C=N–C) groups is 1. The Morgan fingerprint density at radius 3 is 2.71 bits per heavy atom. The second-order valence-corrected chi connectivity index (χ2v) is 4.28. The van der Waals surface area contributed by atoms with E-state index in [9.17, 15) is 4.79 Å². The van der Waals surface area contributed by atoms with E-state index < -0.39 is 6.03 Å². The highest BCUT2D eigenvalue weighted by Gasteiger charge is 2.12. The van der Waals surface area contributed by atoms with Crippen LogP contribution in [-0.2, 0) is 16.4 Å². The number of benzene rings is 1. The van der Waals surface area contributed by atoms with Gasteiger partial charge in [-0.3, -0.25) is 4.98 Å². The van der Waals surface area contributed by atoms with Crippen LogP contribution in [0.5, 0.6) is 0 Å². The largest absolute Gasteiger partial charge is 0.350 e. The van der Waals surface area contributed by atoms with Crippen molar-refractivity contribution in [3.8, 4) is 0 Å². The van der Waals surface area contributed by atoms with Gasteiger partial charge in [0.25, 0.3) is 5.90 Å². The number of aromatic nitrogens is 1. The first-order chi connectivity index (χ1) is 10.2. The number of hydrogen-bond donors (Lipinski definition) is 1. The smallest absolute Gasteiger partial charge is 0.341 e. The summed E-state index contributed by atoms with van der Waals surface area (Å²) in [5, 5.41) is 0. The highest BCUT2D eigenvalue weighted by molar-refractivity contribution is 6.01. The predicted molar refractivity (Wildman–Crippen MR) is 77.4 cm³/mol. The zero-order valence-electron chi connectivity index (χ0n) is 11.5. The zero-order chi connectivity index (χ0) is 15.1. The third-order valence-corrected chi connectivity index (χ3v) is 2.69. The molecule has 0 saturated carbocycles. The topological polar surface area (TPSA) is 86.8 Å². The Morgan fingerprint density at radius 2 is 2.05 bits per heavy atom. The molecule has 21 heavy (non-hydrogen) atoms. The van der Waals surface area contributed by atoms with Crippen molar-refractivity contribution in [1.29, 1.82) is 0 Å². The highest BCUT2D eigenvalue weighted by atomic mass is 17.2. The number of hydrogen-bond acceptors (Lipinski definition) is 4. The maximum atomic E-state index is 11.0. The van der Waals surface area contributed by atoms with Gasteiger partial charge in [-0.05, 0) is 24.1 Å². The number of primary amides is 1. The molecule has 0 aliphatic heterocycles. The Bertz CT molecular complexity index is 642. The van der Waals surface area contributed by atoms with Crippen LogP contribution >= 0.6 is 0 Å². The van der Waals surface area contributed by atoms with Gasteiger partial charge >= 0.3 is 6.03 Å². The third-order valence-electron chi connectivity index (χ3n) is 2.69. The molecule has 0 atom stereocenters. The molecule has 2 N–H and O–H groups in total. The quantitative estimate of drug-likeness (QED) is 0.404. The first-order valence-corrected chi connectivity index (χ1v) is 6.29. The monoisotopic (exact) mass is 285 g/mol. The molecule has 0 saturated heterocycles. The molecule has 6 heteroatoms. The van der Waals surface area contributed by atoms with Gasteiger partial charge in [0.05, 0.1) is 5.56 Å². The van der Waals surface area contributed by atoms with Gasteiger partial charge in [0.15, 0.2) is 0 Å². The van der Waals surface area contributed by atoms with Crippen LogP contribution in [-0.4, -0.2) is 16.9 Å². The average molecular weight is 285 g/mol. The summed E-state index contributed by atoms with van der Waals surface area (Å²) in [6.07, 6.45) is 3.16. The molecule has 0 fully saturated rings. The van der Waals surface area contributed by atoms with E-state index >= 15 is 0 Å². The summed E-state index contributed by atoms with van der Waals surface area (Å²) in [7, 11) is 0. The molecule has 2 aromatic rings. The molecule has 108 valence electrons.